The summed E-state index contributed by atoms with van der Waals surface area (Å²) in [4.78, 5) is 49.1. The predicted molar refractivity (Wildman–Crippen MR) is 101 cm³/mol. The number of carboxylic acid groups (broad SMARTS) is 1. The molecule has 0 unspecified atom stereocenters. The third kappa shape index (κ3) is 4.56. The number of benzene rings is 1. The average Bonchev–Trinajstić information content (AvgIpc) is 3.18. The molecule has 0 bridgehead atoms. The molecule has 1 aliphatic carbocycles. The van der Waals surface area contributed by atoms with Crippen LogP contribution >= 0.6 is 0 Å². The van der Waals surface area contributed by atoms with Gasteiger partial charge in [0.05, 0.1) is 6.61 Å². The van der Waals surface area contributed by atoms with Gasteiger partial charge in [0.15, 0.2) is 18.1 Å². The number of imide groups is 2. The fourth-order valence-corrected chi connectivity index (χ4v) is 3.47. The summed E-state index contributed by atoms with van der Waals surface area (Å²) in [5.74, 6) is -1.97. The highest BCUT2D eigenvalue weighted by Gasteiger charge is 2.40. The van der Waals surface area contributed by atoms with E-state index in [2.05, 4.69) is 5.32 Å². The van der Waals surface area contributed by atoms with Gasteiger partial charge in [0.25, 0.3) is 11.8 Å². The van der Waals surface area contributed by atoms with Gasteiger partial charge >= 0.3 is 12.0 Å². The van der Waals surface area contributed by atoms with E-state index in [0.29, 0.717) is 12.2 Å². The first kappa shape index (κ1) is 20.4. The molecule has 1 aromatic rings. The van der Waals surface area contributed by atoms with Crippen molar-refractivity contribution < 1.29 is 33.8 Å². The van der Waals surface area contributed by atoms with Crippen molar-refractivity contribution in [2.24, 2.45) is 0 Å². The van der Waals surface area contributed by atoms with Crippen molar-refractivity contribution in [2.75, 3.05) is 13.2 Å². The molecular formula is C20H22N2O7. The molecule has 2 fully saturated rings. The number of amides is 4. The van der Waals surface area contributed by atoms with Crippen molar-refractivity contribution in [1.29, 1.82) is 0 Å². The summed E-state index contributed by atoms with van der Waals surface area (Å²) in [6.45, 7) is 1.54. The minimum atomic E-state index is -1.13. The Morgan fingerprint density at radius 3 is 2.59 bits per heavy atom. The molecular weight excluding hydrogens is 380 g/mol. The number of aliphatic carboxylic acids is 1. The van der Waals surface area contributed by atoms with Gasteiger partial charge in [0, 0.05) is 6.04 Å². The standard InChI is InChI=1S/C20H22N2O7/c1-2-28-16-10-12(7-8-15(16)29-11-17(23)24)9-14-18(25)21-20(27)22(19(14)26)13-5-3-4-6-13/h7-10,13H,2-6,11H2,1H3,(H,23,24)(H,21,25,27)/b14-9-. The summed E-state index contributed by atoms with van der Waals surface area (Å²) in [5.41, 5.74) is 0.341. The van der Waals surface area contributed by atoms with Gasteiger partial charge in [-0.25, -0.2) is 9.59 Å². The van der Waals surface area contributed by atoms with Crippen molar-refractivity contribution in [1.82, 2.24) is 10.2 Å². The Balaban J connectivity index is 1.89. The van der Waals surface area contributed by atoms with Crippen LogP contribution in [-0.2, 0) is 14.4 Å². The molecule has 2 N–H and O–H groups in total. The molecule has 0 radical (unpaired) electrons. The molecule has 9 heteroatoms. The van der Waals surface area contributed by atoms with Gasteiger partial charge in [-0.15, -0.1) is 0 Å². The van der Waals surface area contributed by atoms with Gasteiger partial charge in [0.1, 0.15) is 5.57 Å². The molecule has 1 aliphatic heterocycles. The zero-order valence-corrected chi connectivity index (χ0v) is 16.0. The lowest BCUT2D eigenvalue weighted by Crippen LogP contribution is -2.57. The summed E-state index contributed by atoms with van der Waals surface area (Å²) >= 11 is 0. The molecule has 3 rings (SSSR count). The molecule has 0 spiro atoms. The van der Waals surface area contributed by atoms with Crippen LogP contribution in [0, 0.1) is 0 Å². The Morgan fingerprint density at radius 1 is 1.21 bits per heavy atom. The van der Waals surface area contributed by atoms with E-state index in [9.17, 15) is 19.2 Å². The third-order valence-corrected chi connectivity index (χ3v) is 4.75. The number of barbiturate groups is 1. The second kappa shape index (κ2) is 8.76. The van der Waals surface area contributed by atoms with Crippen LogP contribution in [-0.4, -0.2) is 53.1 Å². The molecule has 1 aromatic carbocycles. The molecule has 4 amide bonds. The highest BCUT2D eigenvalue weighted by molar-refractivity contribution is 6.31. The van der Waals surface area contributed by atoms with E-state index in [4.69, 9.17) is 14.6 Å². The molecule has 0 aromatic heterocycles. The molecule has 1 saturated carbocycles. The van der Waals surface area contributed by atoms with Crippen LogP contribution in [0.2, 0.25) is 0 Å². The van der Waals surface area contributed by atoms with Crippen molar-refractivity contribution in [3.8, 4) is 11.5 Å². The van der Waals surface area contributed by atoms with Crippen LogP contribution in [0.1, 0.15) is 38.2 Å². The normalized spacial score (nSPS) is 18.9. The van der Waals surface area contributed by atoms with Crippen LogP contribution in [0.5, 0.6) is 11.5 Å². The number of hydrogen-bond donors (Lipinski definition) is 2. The number of nitrogens with zero attached hydrogens (tertiary/aromatic N) is 1. The van der Waals surface area contributed by atoms with Gasteiger partial charge in [-0.2, -0.15) is 0 Å². The van der Waals surface area contributed by atoms with E-state index in [1.165, 1.54) is 12.1 Å². The van der Waals surface area contributed by atoms with Gasteiger partial charge in [-0.3, -0.25) is 19.8 Å². The molecule has 154 valence electrons. The van der Waals surface area contributed by atoms with E-state index >= 15 is 0 Å². The largest absolute Gasteiger partial charge is 0.490 e. The molecule has 0 atom stereocenters. The topological polar surface area (TPSA) is 122 Å². The van der Waals surface area contributed by atoms with E-state index in [-0.39, 0.29) is 23.1 Å². The molecule has 1 saturated heterocycles. The Bertz CT molecular complexity index is 872. The Kier molecular flexibility index (Phi) is 6.16. The van der Waals surface area contributed by atoms with Crippen molar-refractivity contribution in [3.05, 3.63) is 29.3 Å². The Morgan fingerprint density at radius 2 is 1.93 bits per heavy atom. The van der Waals surface area contributed by atoms with E-state index in [1.54, 1.807) is 19.1 Å². The lowest BCUT2D eigenvalue weighted by atomic mass is 10.0. The molecule has 1 heterocycles. The minimum Gasteiger partial charge on any atom is -0.490 e. The molecule has 2 aliphatic rings. The van der Waals surface area contributed by atoms with Crippen LogP contribution in [0.25, 0.3) is 6.08 Å². The first-order valence-corrected chi connectivity index (χ1v) is 9.42. The van der Waals surface area contributed by atoms with Crippen molar-refractivity contribution >= 4 is 29.9 Å². The number of rotatable bonds is 7. The zero-order chi connectivity index (χ0) is 21.0. The fraction of sp³-hybridized carbons (Fsp3) is 0.400. The van der Waals surface area contributed by atoms with Crippen LogP contribution in [0.4, 0.5) is 4.79 Å². The van der Waals surface area contributed by atoms with Crippen LogP contribution < -0.4 is 14.8 Å². The van der Waals surface area contributed by atoms with E-state index in [0.717, 1.165) is 30.6 Å². The number of nitrogens with one attached hydrogen (secondary N) is 1. The number of carboxylic acids is 1. The monoisotopic (exact) mass is 402 g/mol. The highest BCUT2D eigenvalue weighted by atomic mass is 16.5. The van der Waals surface area contributed by atoms with Crippen molar-refractivity contribution in [3.63, 3.8) is 0 Å². The summed E-state index contributed by atoms with van der Waals surface area (Å²) in [6, 6.07) is 3.74. The summed E-state index contributed by atoms with van der Waals surface area (Å²) < 4.78 is 10.7. The van der Waals surface area contributed by atoms with Gasteiger partial charge < -0.3 is 14.6 Å². The summed E-state index contributed by atoms with van der Waals surface area (Å²) in [5, 5.41) is 11.0. The SMILES string of the molecule is CCOc1cc(/C=C2/C(=O)NC(=O)N(C3CCCC3)C2=O)ccc1OCC(=O)O. The molecule has 9 nitrogen and oxygen atoms in total. The van der Waals surface area contributed by atoms with Gasteiger partial charge in [0.2, 0.25) is 0 Å². The quantitative estimate of drug-likeness (QED) is 0.528. The lowest BCUT2D eigenvalue weighted by Gasteiger charge is -2.31. The third-order valence-electron chi connectivity index (χ3n) is 4.75. The predicted octanol–water partition coefficient (Wildman–Crippen LogP) is 1.95. The van der Waals surface area contributed by atoms with E-state index < -0.39 is 30.4 Å². The van der Waals surface area contributed by atoms with Crippen LogP contribution in [0.3, 0.4) is 0 Å². The maximum atomic E-state index is 12.8. The number of carbonyl (C=O) groups is 4. The maximum Gasteiger partial charge on any atom is 0.341 e. The van der Waals surface area contributed by atoms with Gasteiger partial charge in [-0.05, 0) is 43.5 Å². The van der Waals surface area contributed by atoms with Crippen molar-refractivity contribution in [2.45, 2.75) is 38.6 Å². The fourth-order valence-electron chi connectivity index (χ4n) is 3.47. The molecule has 29 heavy (non-hydrogen) atoms. The number of carbonyl (C=O) groups excluding carboxylic acids is 3. The maximum absolute atomic E-state index is 12.8. The second-order valence-corrected chi connectivity index (χ2v) is 6.75. The Hall–Kier alpha value is -3.36. The summed E-state index contributed by atoms with van der Waals surface area (Å²) in [6.07, 6.45) is 4.71. The number of hydrogen-bond acceptors (Lipinski definition) is 6. The van der Waals surface area contributed by atoms with E-state index in [1.807, 2.05) is 0 Å². The summed E-state index contributed by atoms with van der Waals surface area (Å²) in [7, 11) is 0. The lowest BCUT2D eigenvalue weighted by molar-refractivity contribution is -0.139. The highest BCUT2D eigenvalue weighted by Crippen LogP contribution is 2.31. The smallest absolute Gasteiger partial charge is 0.341 e. The Labute approximate surface area is 167 Å². The second-order valence-electron chi connectivity index (χ2n) is 6.75. The number of ether oxygens (including phenoxy) is 2. The minimum absolute atomic E-state index is 0.141. The van der Waals surface area contributed by atoms with Crippen LogP contribution in [0.15, 0.2) is 23.8 Å². The first-order chi connectivity index (χ1) is 13.9. The van der Waals surface area contributed by atoms with Gasteiger partial charge in [-0.1, -0.05) is 18.9 Å². The average molecular weight is 402 g/mol. The number of urea groups is 1. The zero-order valence-electron chi connectivity index (χ0n) is 16.0. The first-order valence-electron chi connectivity index (χ1n) is 9.42.